The maximum Gasteiger partial charge on any atom is 0.251 e. The Kier molecular flexibility index (Phi) is 5.49. The third kappa shape index (κ3) is 4.13. The highest BCUT2D eigenvalue weighted by Crippen LogP contribution is 2.30. The van der Waals surface area contributed by atoms with Gasteiger partial charge in [0.05, 0.1) is 0 Å². The molecule has 5 heteroatoms. The molecule has 0 saturated carbocycles. The van der Waals surface area contributed by atoms with E-state index >= 15 is 0 Å². The van der Waals surface area contributed by atoms with Crippen molar-refractivity contribution in [1.82, 2.24) is 5.32 Å². The predicted molar refractivity (Wildman–Crippen MR) is 109 cm³/mol. The van der Waals surface area contributed by atoms with Crippen molar-refractivity contribution in [2.45, 2.75) is 26.8 Å². The van der Waals surface area contributed by atoms with Gasteiger partial charge in [-0.2, -0.15) is 0 Å². The number of carbonyl (C=O) groups excluding carboxylic acids is 2. The summed E-state index contributed by atoms with van der Waals surface area (Å²) in [6.07, 6.45) is 0.862. The standard InChI is InChI=1S/C22H27N3O2/c1-15(2)22(27)25-11-10-17-12-16(8-9-20(17)25)14-23-21(26)18-6-5-7-19(13-18)24(3)4/h5-9,12-13,15H,10-11,14H2,1-4H3,(H,23,26). The van der Waals surface area contributed by atoms with Crippen LogP contribution in [-0.4, -0.2) is 32.5 Å². The summed E-state index contributed by atoms with van der Waals surface area (Å²) in [6.45, 7) is 5.06. The molecule has 3 rings (SSSR count). The number of amides is 2. The van der Waals surface area contributed by atoms with Crippen LogP contribution < -0.4 is 15.1 Å². The number of anilines is 2. The molecule has 27 heavy (non-hydrogen) atoms. The molecule has 0 spiro atoms. The van der Waals surface area contributed by atoms with Crippen LogP contribution in [0.3, 0.4) is 0 Å². The van der Waals surface area contributed by atoms with Crippen LogP contribution in [0.15, 0.2) is 42.5 Å². The van der Waals surface area contributed by atoms with E-state index in [1.165, 1.54) is 5.56 Å². The smallest absolute Gasteiger partial charge is 0.251 e. The molecule has 0 unspecified atom stereocenters. The summed E-state index contributed by atoms with van der Waals surface area (Å²) < 4.78 is 0. The van der Waals surface area contributed by atoms with Gasteiger partial charge in [-0.15, -0.1) is 0 Å². The van der Waals surface area contributed by atoms with Crippen molar-refractivity contribution in [1.29, 1.82) is 0 Å². The van der Waals surface area contributed by atoms with E-state index in [1.54, 1.807) is 0 Å². The second-order valence-corrected chi connectivity index (χ2v) is 7.49. The van der Waals surface area contributed by atoms with Gasteiger partial charge in [-0.3, -0.25) is 9.59 Å². The molecule has 0 radical (unpaired) electrons. The van der Waals surface area contributed by atoms with Gasteiger partial charge in [-0.05, 0) is 41.8 Å². The highest BCUT2D eigenvalue weighted by atomic mass is 16.2. The number of nitrogens with one attached hydrogen (secondary N) is 1. The third-order valence-electron chi connectivity index (χ3n) is 4.88. The summed E-state index contributed by atoms with van der Waals surface area (Å²) >= 11 is 0. The Labute approximate surface area is 161 Å². The fourth-order valence-electron chi connectivity index (χ4n) is 3.32. The fraction of sp³-hybridized carbons (Fsp3) is 0.364. The number of fused-ring (bicyclic) bond motifs is 1. The minimum Gasteiger partial charge on any atom is -0.378 e. The van der Waals surface area contributed by atoms with Gasteiger partial charge in [-0.1, -0.05) is 32.0 Å². The summed E-state index contributed by atoms with van der Waals surface area (Å²) in [5.74, 6) is 0.0687. The Bertz CT molecular complexity index is 858. The first-order valence-corrected chi connectivity index (χ1v) is 9.35. The Morgan fingerprint density at radius 3 is 2.63 bits per heavy atom. The summed E-state index contributed by atoms with van der Waals surface area (Å²) in [6, 6.07) is 13.6. The minimum atomic E-state index is -0.0872. The zero-order chi connectivity index (χ0) is 19.6. The quantitative estimate of drug-likeness (QED) is 0.885. The first-order chi connectivity index (χ1) is 12.9. The summed E-state index contributed by atoms with van der Waals surface area (Å²) in [5.41, 5.74) is 4.86. The predicted octanol–water partition coefficient (Wildman–Crippen LogP) is 3.23. The van der Waals surface area contributed by atoms with Crippen LogP contribution in [0.1, 0.15) is 35.3 Å². The van der Waals surface area contributed by atoms with Gasteiger partial charge in [0.15, 0.2) is 0 Å². The Hall–Kier alpha value is -2.82. The van der Waals surface area contributed by atoms with Crippen molar-refractivity contribution in [3.05, 3.63) is 59.2 Å². The zero-order valence-corrected chi connectivity index (χ0v) is 16.5. The van der Waals surface area contributed by atoms with E-state index in [-0.39, 0.29) is 17.7 Å². The van der Waals surface area contributed by atoms with Crippen molar-refractivity contribution in [3.63, 3.8) is 0 Å². The van der Waals surface area contributed by atoms with E-state index in [2.05, 4.69) is 11.4 Å². The van der Waals surface area contributed by atoms with Crippen LogP contribution in [-0.2, 0) is 17.8 Å². The van der Waals surface area contributed by atoms with E-state index in [4.69, 9.17) is 0 Å². The highest BCUT2D eigenvalue weighted by Gasteiger charge is 2.26. The molecule has 0 saturated heterocycles. The van der Waals surface area contributed by atoms with Crippen LogP contribution in [0.2, 0.25) is 0 Å². The van der Waals surface area contributed by atoms with Gasteiger partial charge in [0.2, 0.25) is 5.91 Å². The largest absolute Gasteiger partial charge is 0.378 e. The Morgan fingerprint density at radius 1 is 1.15 bits per heavy atom. The minimum absolute atomic E-state index is 0.00663. The van der Waals surface area contributed by atoms with E-state index in [0.717, 1.165) is 29.9 Å². The first kappa shape index (κ1) is 19.0. The van der Waals surface area contributed by atoms with Gasteiger partial charge < -0.3 is 15.1 Å². The van der Waals surface area contributed by atoms with Gasteiger partial charge >= 0.3 is 0 Å². The molecule has 1 aliphatic heterocycles. The van der Waals surface area contributed by atoms with Gasteiger partial charge in [0.25, 0.3) is 5.91 Å². The van der Waals surface area contributed by atoms with E-state index < -0.39 is 0 Å². The molecule has 2 amide bonds. The molecule has 1 N–H and O–H groups in total. The van der Waals surface area contributed by atoms with Crippen LogP contribution in [0.25, 0.3) is 0 Å². The number of benzene rings is 2. The monoisotopic (exact) mass is 365 g/mol. The summed E-state index contributed by atoms with van der Waals surface area (Å²) in [7, 11) is 3.91. The van der Waals surface area contributed by atoms with Crippen molar-refractivity contribution >= 4 is 23.2 Å². The van der Waals surface area contributed by atoms with Crippen LogP contribution in [0.5, 0.6) is 0 Å². The fourth-order valence-corrected chi connectivity index (χ4v) is 3.32. The lowest BCUT2D eigenvalue weighted by molar-refractivity contribution is -0.121. The molecule has 142 valence electrons. The van der Waals surface area contributed by atoms with E-state index in [1.807, 2.05) is 74.1 Å². The molecule has 5 nitrogen and oxygen atoms in total. The average molecular weight is 365 g/mol. The van der Waals surface area contributed by atoms with Crippen molar-refractivity contribution in [2.24, 2.45) is 5.92 Å². The molecule has 0 bridgehead atoms. The van der Waals surface area contributed by atoms with E-state index in [0.29, 0.717) is 12.1 Å². The lowest BCUT2D eigenvalue weighted by atomic mass is 10.1. The topological polar surface area (TPSA) is 52.7 Å². The van der Waals surface area contributed by atoms with Crippen molar-refractivity contribution < 1.29 is 9.59 Å². The molecule has 0 aromatic heterocycles. The summed E-state index contributed by atoms with van der Waals surface area (Å²) in [4.78, 5) is 28.6. The Morgan fingerprint density at radius 2 is 1.93 bits per heavy atom. The molecule has 0 fully saturated rings. The van der Waals surface area contributed by atoms with Crippen molar-refractivity contribution in [3.8, 4) is 0 Å². The average Bonchev–Trinajstić information content (AvgIpc) is 3.08. The maximum absolute atomic E-state index is 12.5. The lowest BCUT2D eigenvalue weighted by Crippen LogP contribution is -2.32. The first-order valence-electron chi connectivity index (χ1n) is 9.35. The summed E-state index contributed by atoms with van der Waals surface area (Å²) in [5, 5.41) is 2.99. The lowest BCUT2D eigenvalue weighted by Gasteiger charge is -2.19. The van der Waals surface area contributed by atoms with Crippen molar-refractivity contribution in [2.75, 3.05) is 30.4 Å². The maximum atomic E-state index is 12.5. The molecular weight excluding hydrogens is 338 g/mol. The van der Waals surface area contributed by atoms with Gasteiger partial charge in [0, 0.05) is 50.0 Å². The van der Waals surface area contributed by atoms with Crippen LogP contribution >= 0.6 is 0 Å². The molecular formula is C22H27N3O2. The Balaban J connectivity index is 1.67. The number of hydrogen-bond acceptors (Lipinski definition) is 3. The number of carbonyl (C=O) groups is 2. The molecule has 2 aromatic carbocycles. The molecule has 0 aliphatic carbocycles. The highest BCUT2D eigenvalue weighted by molar-refractivity contribution is 5.97. The number of hydrogen-bond donors (Lipinski definition) is 1. The second kappa shape index (κ2) is 7.82. The molecule has 0 atom stereocenters. The van der Waals surface area contributed by atoms with Gasteiger partial charge in [-0.25, -0.2) is 0 Å². The van der Waals surface area contributed by atoms with Crippen LogP contribution in [0.4, 0.5) is 11.4 Å². The van der Waals surface area contributed by atoms with E-state index in [9.17, 15) is 9.59 Å². The normalized spacial score (nSPS) is 12.9. The molecule has 1 aliphatic rings. The molecule has 1 heterocycles. The molecule has 2 aromatic rings. The number of nitrogens with zero attached hydrogens (tertiary/aromatic N) is 2. The SMILES string of the molecule is CC(C)C(=O)N1CCc2cc(CNC(=O)c3cccc(N(C)C)c3)ccc21. The van der Waals surface area contributed by atoms with Gasteiger partial charge in [0.1, 0.15) is 0 Å². The zero-order valence-electron chi connectivity index (χ0n) is 16.5. The second-order valence-electron chi connectivity index (χ2n) is 7.49. The van der Waals surface area contributed by atoms with Crippen LogP contribution in [0, 0.1) is 5.92 Å². The number of rotatable bonds is 5. The third-order valence-corrected chi connectivity index (χ3v) is 4.88.